The number of nitrogens with one attached hydrogen (secondary N) is 1. The first-order chi connectivity index (χ1) is 13.8. The number of likely N-dealkylation sites (tertiary alicyclic amines) is 1. The zero-order chi connectivity index (χ0) is 19.6. The summed E-state index contributed by atoms with van der Waals surface area (Å²) in [5.41, 5.74) is 2.49. The molecule has 1 aliphatic rings. The first-order valence-electron chi connectivity index (χ1n) is 9.98. The topological polar surface area (TPSA) is 46.1 Å². The quantitative estimate of drug-likeness (QED) is 0.333. The Morgan fingerprint density at radius 1 is 1.14 bits per heavy atom. The van der Waals surface area contributed by atoms with Gasteiger partial charge in [0.2, 0.25) is 0 Å². The smallest absolute Gasteiger partial charge is 0.193 e. The third kappa shape index (κ3) is 7.51. The first-order valence-corrected chi connectivity index (χ1v) is 9.98. The third-order valence-electron chi connectivity index (χ3n) is 5.09. The summed E-state index contributed by atoms with van der Waals surface area (Å²) in [7, 11) is 3.56. The van der Waals surface area contributed by atoms with Gasteiger partial charge >= 0.3 is 0 Å². The third-order valence-corrected chi connectivity index (χ3v) is 5.09. The van der Waals surface area contributed by atoms with Crippen molar-refractivity contribution in [2.45, 2.75) is 19.4 Å². The summed E-state index contributed by atoms with van der Waals surface area (Å²) in [6.07, 6.45) is 2.08. The van der Waals surface area contributed by atoms with Crippen molar-refractivity contribution >= 4 is 29.9 Å². The van der Waals surface area contributed by atoms with Crippen LogP contribution in [0.2, 0.25) is 0 Å². The van der Waals surface area contributed by atoms with Crippen molar-refractivity contribution in [3.63, 3.8) is 0 Å². The molecule has 1 saturated heterocycles. The largest absolute Gasteiger partial charge is 0.497 e. The molecule has 5 nitrogen and oxygen atoms in total. The maximum atomic E-state index is 5.93. The molecule has 1 aliphatic heterocycles. The summed E-state index contributed by atoms with van der Waals surface area (Å²) in [5, 5.41) is 3.49. The van der Waals surface area contributed by atoms with E-state index in [9.17, 15) is 0 Å². The van der Waals surface area contributed by atoms with Crippen molar-refractivity contribution in [1.29, 1.82) is 0 Å². The van der Waals surface area contributed by atoms with Crippen molar-refractivity contribution in [1.82, 2.24) is 10.2 Å². The van der Waals surface area contributed by atoms with Crippen LogP contribution >= 0.6 is 24.0 Å². The highest BCUT2D eigenvalue weighted by atomic mass is 127. The van der Waals surface area contributed by atoms with Crippen molar-refractivity contribution in [2.75, 3.05) is 40.4 Å². The minimum Gasteiger partial charge on any atom is -0.497 e. The van der Waals surface area contributed by atoms with Gasteiger partial charge in [-0.1, -0.05) is 42.5 Å². The van der Waals surface area contributed by atoms with Crippen LogP contribution in [0.15, 0.2) is 59.6 Å². The van der Waals surface area contributed by atoms with E-state index in [0.717, 1.165) is 50.8 Å². The van der Waals surface area contributed by atoms with E-state index in [-0.39, 0.29) is 24.0 Å². The Morgan fingerprint density at radius 3 is 2.69 bits per heavy atom. The lowest BCUT2D eigenvalue weighted by molar-refractivity contribution is 0.0907. The molecule has 158 valence electrons. The predicted octanol–water partition coefficient (Wildman–Crippen LogP) is 3.97. The van der Waals surface area contributed by atoms with Gasteiger partial charge in [-0.25, -0.2) is 0 Å². The van der Waals surface area contributed by atoms with E-state index in [0.29, 0.717) is 12.5 Å². The molecule has 1 fully saturated rings. The summed E-state index contributed by atoms with van der Waals surface area (Å²) >= 11 is 0. The van der Waals surface area contributed by atoms with Crippen LogP contribution in [0.5, 0.6) is 5.75 Å². The molecule has 1 N–H and O–H groups in total. The van der Waals surface area contributed by atoms with Gasteiger partial charge < -0.3 is 19.7 Å². The number of aliphatic imine (C=N–C) groups is 1. The molecule has 3 rings (SSSR count). The maximum Gasteiger partial charge on any atom is 0.193 e. The van der Waals surface area contributed by atoms with Crippen LogP contribution in [0.4, 0.5) is 0 Å². The fourth-order valence-electron chi connectivity index (χ4n) is 3.56. The molecule has 1 atom stereocenters. The number of ether oxygens (including phenoxy) is 2. The second-order valence-electron chi connectivity index (χ2n) is 7.18. The van der Waals surface area contributed by atoms with Crippen molar-refractivity contribution < 1.29 is 9.47 Å². The number of nitrogens with zero attached hydrogens (tertiary/aromatic N) is 2. The molecule has 6 heteroatoms. The van der Waals surface area contributed by atoms with E-state index < -0.39 is 0 Å². The number of methoxy groups -OCH3 is 1. The summed E-state index contributed by atoms with van der Waals surface area (Å²) in [4.78, 5) is 6.80. The summed E-state index contributed by atoms with van der Waals surface area (Å²) in [6, 6.07) is 18.6. The van der Waals surface area contributed by atoms with Gasteiger partial charge in [0.1, 0.15) is 5.75 Å². The van der Waals surface area contributed by atoms with E-state index in [1.54, 1.807) is 7.11 Å². The van der Waals surface area contributed by atoms with Crippen LogP contribution in [0, 0.1) is 5.92 Å². The molecule has 0 amide bonds. The standard InChI is InChI=1S/C23H31N3O2.HI/c1-24-23(25-13-11-19-9-6-10-22(15-19)27-2)26-14-12-21(16-26)18-28-17-20-7-4-3-5-8-20;/h3-10,15,21H,11-14,16-18H2,1-2H3,(H,24,25);1H. The monoisotopic (exact) mass is 509 g/mol. The van der Waals surface area contributed by atoms with Gasteiger partial charge in [0.05, 0.1) is 20.3 Å². The fraction of sp³-hybridized carbons (Fsp3) is 0.435. The van der Waals surface area contributed by atoms with Gasteiger partial charge in [-0.2, -0.15) is 0 Å². The average molecular weight is 509 g/mol. The van der Waals surface area contributed by atoms with Crippen LogP contribution in [0.3, 0.4) is 0 Å². The predicted molar refractivity (Wildman–Crippen MR) is 129 cm³/mol. The second-order valence-corrected chi connectivity index (χ2v) is 7.18. The zero-order valence-corrected chi connectivity index (χ0v) is 19.7. The van der Waals surface area contributed by atoms with Gasteiger partial charge in [-0.05, 0) is 36.1 Å². The number of benzene rings is 2. The molecule has 1 heterocycles. The molecule has 2 aromatic rings. The Bertz CT molecular complexity index is 755. The SMILES string of the molecule is CN=C(NCCc1cccc(OC)c1)N1CCC(COCc2ccccc2)C1.I. The van der Waals surface area contributed by atoms with E-state index in [1.807, 2.05) is 25.2 Å². The summed E-state index contributed by atoms with van der Waals surface area (Å²) < 4.78 is 11.2. The minimum absolute atomic E-state index is 0. The zero-order valence-electron chi connectivity index (χ0n) is 17.3. The molecule has 2 aromatic carbocycles. The van der Waals surface area contributed by atoms with Crippen molar-refractivity contribution in [3.8, 4) is 5.75 Å². The number of guanidine groups is 1. The minimum atomic E-state index is 0. The van der Waals surface area contributed by atoms with Crippen LogP contribution in [0.25, 0.3) is 0 Å². The van der Waals surface area contributed by atoms with E-state index in [4.69, 9.17) is 9.47 Å². The Hall–Kier alpha value is -1.80. The number of hydrogen-bond acceptors (Lipinski definition) is 3. The summed E-state index contributed by atoms with van der Waals surface area (Å²) in [6.45, 7) is 4.36. The summed E-state index contributed by atoms with van der Waals surface area (Å²) in [5.74, 6) is 2.44. The fourth-order valence-corrected chi connectivity index (χ4v) is 3.56. The average Bonchev–Trinajstić information content (AvgIpc) is 3.21. The lowest BCUT2D eigenvalue weighted by atomic mass is 10.1. The van der Waals surface area contributed by atoms with Crippen molar-refractivity contribution in [2.24, 2.45) is 10.9 Å². The first kappa shape index (κ1) is 23.5. The highest BCUT2D eigenvalue weighted by Gasteiger charge is 2.24. The van der Waals surface area contributed by atoms with Crippen molar-refractivity contribution in [3.05, 3.63) is 65.7 Å². The highest BCUT2D eigenvalue weighted by molar-refractivity contribution is 14.0. The van der Waals surface area contributed by atoms with E-state index in [1.165, 1.54) is 11.1 Å². The molecular weight excluding hydrogens is 477 g/mol. The van der Waals surface area contributed by atoms with Gasteiger partial charge in [0.15, 0.2) is 5.96 Å². The normalized spacial score (nSPS) is 16.4. The van der Waals surface area contributed by atoms with E-state index in [2.05, 4.69) is 51.6 Å². The van der Waals surface area contributed by atoms with Crippen LogP contribution in [-0.4, -0.2) is 51.3 Å². The Balaban J connectivity index is 0.00000300. The molecule has 29 heavy (non-hydrogen) atoms. The Kier molecular flexibility index (Phi) is 10.3. The molecule has 0 radical (unpaired) electrons. The highest BCUT2D eigenvalue weighted by Crippen LogP contribution is 2.17. The van der Waals surface area contributed by atoms with E-state index >= 15 is 0 Å². The van der Waals surface area contributed by atoms with Crippen LogP contribution < -0.4 is 10.1 Å². The molecule has 0 saturated carbocycles. The van der Waals surface area contributed by atoms with Crippen LogP contribution in [0.1, 0.15) is 17.5 Å². The number of halogens is 1. The Morgan fingerprint density at radius 2 is 1.93 bits per heavy atom. The maximum absolute atomic E-state index is 5.93. The number of hydrogen-bond donors (Lipinski definition) is 1. The molecule has 0 spiro atoms. The van der Waals surface area contributed by atoms with Crippen LogP contribution in [-0.2, 0) is 17.8 Å². The molecule has 0 bridgehead atoms. The lowest BCUT2D eigenvalue weighted by Crippen LogP contribution is -2.41. The molecular formula is C23H32IN3O2. The van der Waals surface area contributed by atoms with Gasteiger partial charge in [-0.3, -0.25) is 4.99 Å². The van der Waals surface area contributed by atoms with Gasteiger partial charge in [-0.15, -0.1) is 24.0 Å². The molecule has 1 unspecified atom stereocenters. The molecule has 0 aliphatic carbocycles. The number of rotatable bonds is 8. The van der Waals surface area contributed by atoms with Gasteiger partial charge in [0.25, 0.3) is 0 Å². The lowest BCUT2D eigenvalue weighted by Gasteiger charge is -2.22. The molecule has 0 aromatic heterocycles. The second kappa shape index (κ2) is 12.7. The Labute approximate surface area is 191 Å². The van der Waals surface area contributed by atoms with Gasteiger partial charge in [0, 0.05) is 32.6 Å².